The molecule has 0 atom stereocenters. The van der Waals surface area contributed by atoms with Crippen LogP contribution in [0.3, 0.4) is 0 Å². The number of para-hydroxylation sites is 2. The Kier molecular flexibility index (Phi) is 3.77. The summed E-state index contributed by atoms with van der Waals surface area (Å²) >= 11 is 0. The second-order valence-corrected chi connectivity index (χ2v) is 4.56. The smallest absolute Gasteiger partial charge is 0.145 e. The lowest BCUT2D eigenvalue weighted by Crippen LogP contribution is -2.44. The number of fused-ring (bicyclic) bond motifs is 1. The summed E-state index contributed by atoms with van der Waals surface area (Å²) in [5.74, 6) is 0.794. The molecule has 96 valence electrons. The van der Waals surface area contributed by atoms with Gasteiger partial charge in [-0.15, -0.1) is 0 Å². The fourth-order valence-corrected chi connectivity index (χ4v) is 2.06. The van der Waals surface area contributed by atoms with Gasteiger partial charge in [0.1, 0.15) is 5.82 Å². The van der Waals surface area contributed by atoms with Crippen LogP contribution in [0.15, 0.2) is 30.5 Å². The molecule has 3 N–H and O–H groups in total. The molecule has 0 spiro atoms. The summed E-state index contributed by atoms with van der Waals surface area (Å²) in [6.45, 7) is 4.87. The van der Waals surface area contributed by atoms with Crippen LogP contribution >= 0.6 is 0 Å². The van der Waals surface area contributed by atoms with Crippen molar-refractivity contribution in [1.82, 2.24) is 9.97 Å². The molecule has 0 aliphatic carbocycles. The van der Waals surface area contributed by atoms with Crippen LogP contribution in [0, 0.1) is 0 Å². The van der Waals surface area contributed by atoms with Crippen LogP contribution in [0.4, 0.5) is 5.82 Å². The van der Waals surface area contributed by atoms with Gasteiger partial charge < -0.3 is 11.1 Å². The van der Waals surface area contributed by atoms with E-state index < -0.39 is 0 Å². The second-order valence-electron chi connectivity index (χ2n) is 4.56. The molecule has 0 bridgehead atoms. The minimum absolute atomic E-state index is 0.0862. The highest BCUT2D eigenvalue weighted by Crippen LogP contribution is 2.20. The monoisotopic (exact) mass is 244 g/mol. The molecular weight excluding hydrogens is 224 g/mol. The van der Waals surface area contributed by atoms with Gasteiger partial charge in [-0.25, -0.2) is 4.98 Å². The van der Waals surface area contributed by atoms with E-state index in [9.17, 15) is 0 Å². The predicted molar refractivity (Wildman–Crippen MR) is 75.5 cm³/mol. The van der Waals surface area contributed by atoms with Crippen LogP contribution < -0.4 is 11.1 Å². The maximum atomic E-state index is 5.88. The van der Waals surface area contributed by atoms with Gasteiger partial charge in [0, 0.05) is 6.54 Å². The lowest BCUT2D eigenvalue weighted by molar-refractivity contribution is 0.444. The number of anilines is 1. The maximum Gasteiger partial charge on any atom is 0.145 e. The third kappa shape index (κ3) is 2.43. The molecule has 1 heterocycles. The van der Waals surface area contributed by atoms with E-state index in [1.165, 1.54) is 0 Å². The Morgan fingerprint density at radius 3 is 2.44 bits per heavy atom. The zero-order valence-electron chi connectivity index (χ0n) is 11.0. The minimum atomic E-state index is -0.0862. The molecule has 0 radical (unpaired) electrons. The number of benzene rings is 1. The van der Waals surface area contributed by atoms with E-state index >= 15 is 0 Å². The number of nitrogens with two attached hydrogens (primary N) is 1. The highest BCUT2D eigenvalue weighted by Gasteiger charge is 2.24. The number of hydrogen-bond acceptors (Lipinski definition) is 4. The number of rotatable bonds is 5. The average Bonchev–Trinajstić information content (AvgIpc) is 2.45. The molecule has 1 aromatic carbocycles. The van der Waals surface area contributed by atoms with Crippen LogP contribution in [0.2, 0.25) is 0 Å². The summed E-state index contributed by atoms with van der Waals surface area (Å²) in [5, 5.41) is 3.44. The Bertz CT molecular complexity index is 512. The SMILES string of the molecule is CCC(CC)(CN)Nc1cnc2ccccc2n1. The molecule has 0 aliphatic heterocycles. The maximum absolute atomic E-state index is 5.88. The topological polar surface area (TPSA) is 63.8 Å². The first-order valence-corrected chi connectivity index (χ1v) is 6.43. The summed E-state index contributed by atoms with van der Waals surface area (Å²) < 4.78 is 0. The first-order chi connectivity index (χ1) is 8.73. The Morgan fingerprint density at radius 2 is 1.83 bits per heavy atom. The molecule has 0 saturated carbocycles. The molecule has 1 aromatic heterocycles. The van der Waals surface area contributed by atoms with E-state index in [2.05, 4.69) is 29.1 Å². The summed E-state index contributed by atoms with van der Waals surface area (Å²) in [4.78, 5) is 8.98. The molecule has 2 rings (SSSR count). The van der Waals surface area contributed by atoms with E-state index in [0.717, 1.165) is 29.7 Å². The van der Waals surface area contributed by atoms with E-state index in [1.54, 1.807) is 6.20 Å². The fraction of sp³-hybridized carbons (Fsp3) is 0.429. The van der Waals surface area contributed by atoms with Gasteiger partial charge in [0.15, 0.2) is 0 Å². The van der Waals surface area contributed by atoms with E-state index in [1.807, 2.05) is 24.3 Å². The second kappa shape index (κ2) is 5.31. The van der Waals surface area contributed by atoms with Gasteiger partial charge in [-0.2, -0.15) is 0 Å². The van der Waals surface area contributed by atoms with Gasteiger partial charge in [0.05, 0.1) is 22.8 Å². The highest BCUT2D eigenvalue weighted by molar-refractivity contribution is 5.75. The third-order valence-electron chi connectivity index (χ3n) is 3.59. The molecule has 0 fully saturated rings. The Labute approximate surface area is 108 Å². The van der Waals surface area contributed by atoms with Gasteiger partial charge in [-0.1, -0.05) is 26.0 Å². The van der Waals surface area contributed by atoms with E-state index in [-0.39, 0.29) is 5.54 Å². The number of nitrogens with zero attached hydrogens (tertiary/aromatic N) is 2. The van der Waals surface area contributed by atoms with Gasteiger partial charge in [0.2, 0.25) is 0 Å². The fourth-order valence-electron chi connectivity index (χ4n) is 2.06. The van der Waals surface area contributed by atoms with Crippen molar-refractivity contribution in [3.63, 3.8) is 0 Å². The van der Waals surface area contributed by atoms with Gasteiger partial charge in [0.25, 0.3) is 0 Å². The standard InChI is InChI=1S/C14H20N4/c1-3-14(4-2,10-15)18-13-9-16-11-7-5-6-8-12(11)17-13/h5-9H,3-4,10,15H2,1-2H3,(H,17,18). The highest BCUT2D eigenvalue weighted by atomic mass is 15.1. The summed E-state index contributed by atoms with van der Waals surface area (Å²) in [5.41, 5.74) is 7.61. The van der Waals surface area contributed by atoms with Crippen LogP contribution in [-0.2, 0) is 0 Å². The van der Waals surface area contributed by atoms with Crippen LogP contribution in [0.1, 0.15) is 26.7 Å². The lowest BCUT2D eigenvalue weighted by Gasteiger charge is -2.31. The van der Waals surface area contributed by atoms with E-state index in [0.29, 0.717) is 6.54 Å². The van der Waals surface area contributed by atoms with Gasteiger partial charge in [-0.3, -0.25) is 4.98 Å². The number of aromatic nitrogens is 2. The van der Waals surface area contributed by atoms with Crippen LogP contribution in [-0.4, -0.2) is 22.1 Å². The molecule has 18 heavy (non-hydrogen) atoms. The Hall–Kier alpha value is -1.68. The van der Waals surface area contributed by atoms with Crippen molar-refractivity contribution < 1.29 is 0 Å². The van der Waals surface area contributed by atoms with Crippen molar-refractivity contribution in [3.05, 3.63) is 30.5 Å². The van der Waals surface area contributed by atoms with Crippen molar-refractivity contribution >= 4 is 16.9 Å². The van der Waals surface area contributed by atoms with E-state index in [4.69, 9.17) is 5.73 Å². The zero-order chi connectivity index (χ0) is 13.0. The average molecular weight is 244 g/mol. The largest absolute Gasteiger partial charge is 0.362 e. The molecule has 0 saturated heterocycles. The normalized spacial score (nSPS) is 11.7. The molecule has 4 nitrogen and oxygen atoms in total. The predicted octanol–water partition coefficient (Wildman–Crippen LogP) is 2.56. The number of nitrogens with one attached hydrogen (secondary N) is 1. The van der Waals surface area contributed by atoms with Crippen molar-refractivity contribution in [2.45, 2.75) is 32.2 Å². The van der Waals surface area contributed by atoms with Crippen molar-refractivity contribution in [2.24, 2.45) is 5.73 Å². The Balaban J connectivity index is 2.31. The first-order valence-electron chi connectivity index (χ1n) is 6.43. The van der Waals surface area contributed by atoms with Gasteiger partial charge >= 0.3 is 0 Å². The molecule has 2 aromatic rings. The van der Waals surface area contributed by atoms with Crippen molar-refractivity contribution in [2.75, 3.05) is 11.9 Å². The minimum Gasteiger partial charge on any atom is -0.362 e. The number of hydrogen-bond donors (Lipinski definition) is 2. The lowest BCUT2D eigenvalue weighted by atomic mass is 9.93. The molecule has 4 heteroatoms. The van der Waals surface area contributed by atoms with Crippen molar-refractivity contribution in [1.29, 1.82) is 0 Å². The first kappa shape index (κ1) is 12.8. The zero-order valence-corrected chi connectivity index (χ0v) is 11.0. The van der Waals surface area contributed by atoms with Crippen LogP contribution in [0.25, 0.3) is 11.0 Å². The quantitative estimate of drug-likeness (QED) is 0.848. The summed E-state index contributed by atoms with van der Waals surface area (Å²) in [7, 11) is 0. The molecule has 0 unspecified atom stereocenters. The molecule has 0 aliphatic rings. The summed E-state index contributed by atoms with van der Waals surface area (Å²) in [6.07, 6.45) is 3.71. The van der Waals surface area contributed by atoms with Gasteiger partial charge in [-0.05, 0) is 25.0 Å². The Morgan fingerprint density at radius 1 is 1.17 bits per heavy atom. The van der Waals surface area contributed by atoms with Crippen LogP contribution in [0.5, 0.6) is 0 Å². The molecular formula is C14H20N4. The molecule has 0 amide bonds. The summed E-state index contributed by atoms with van der Waals surface area (Å²) in [6, 6.07) is 7.86. The van der Waals surface area contributed by atoms with Crippen molar-refractivity contribution in [3.8, 4) is 0 Å². The third-order valence-corrected chi connectivity index (χ3v) is 3.59.